The Hall–Kier alpha value is -1.07. The number of hydrogen-bond donors (Lipinski definition) is 1. The number of nitrogens with zero attached hydrogens (tertiary/aromatic N) is 1. The average Bonchev–Trinajstić information content (AvgIpc) is 2.84. The minimum atomic E-state index is -0.00579. The van der Waals surface area contributed by atoms with E-state index < -0.39 is 0 Å². The molecule has 0 radical (unpaired) electrons. The number of rotatable bonds is 2. The molecule has 2 rings (SSSR count). The Kier molecular flexibility index (Phi) is 3.40. The van der Waals surface area contributed by atoms with Gasteiger partial charge in [0.2, 0.25) is 0 Å². The summed E-state index contributed by atoms with van der Waals surface area (Å²) in [6, 6.07) is 0. The van der Waals surface area contributed by atoms with Crippen molar-refractivity contribution in [2.75, 3.05) is 33.0 Å². The molecule has 1 aliphatic heterocycles. The monoisotopic (exact) mass is 254 g/mol. The number of carbonyl (C=O) groups excluding carboxylic acids is 1. The van der Waals surface area contributed by atoms with Crippen LogP contribution in [0.3, 0.4) is 0 Å². The molecule has 1 aliphatic rings. The fourth-order valence-corrected chi connectivity index (χ4v) is 3.29. The second-order valence-electron chi connectivity index (χ2n) is 4.57. The van der Waals surface area contributed by atoms with Crippen LogP contribution in [0.2, 0.25) is 0 Å². The second-order valence-corrected chi connectivity index (χ2v) is 5.83. The number of hydrogen-bond acceptors (Lipinski definition) is 4. The lowest BCUT2D eigenvalue weighted by atomic mass is 9.94. The van der Waals surface area contributed by atoms with Crippen molar-refractivity contribution in [1.29, 1.82) is 0 Å². The van der Waals surface area contributed by atoms with Crippen LogP contribution in [0.5, 0.6) is 0 Å². The summed E-state index contributed by atoms with van der Waals surface area (Å²) in [7, 11) is 3.51. The molecule has 17 heavy (non-hydrogen) atoms. The van der Waals surface area contributed by atoms with Gasteiger partial charge in [-0.25, -0.2) is 0 Å². The molecule has 0 bridgehead atoms. The van der Waals surface area contributed by atoms with E-state index in [-0.39, 0.29) is 5.91 Å². The highest BCUT2D eigenvalue weighted by Crippen LogP contribution is 2.39. The van der Waals surface area contributed by atoms with Gasteiger partial charge in [-0.15, -0.1) is 11.3 Å². The zero-order chi connectivity index (χ0) is 12.6. The normalized spacial score (nSPS) is 19.6. The largest absolute Gasteiger partial charge is 0.390 e. The average molecular weight is 254 g/mol. The van der Waals surface area contributed by atoms with Crippen molar-refractivity contribution in [3.05, 3.63) is 16.0 Å². The van der Waals surface area contributed by atoms with Crippen LogP contribution in [0.15, 0.2) is 0 Å². The molecule has 0 aliphatic carbocycles. The Balaban J connectivity index is 2.46. The van der Waals surface area contributed by atoms with Gasteiger partial charge in [-0.2, -0.15) is 0 Å². The van der Waals surface area contributed by atoms with Crippen molar-refractivity contribution in [1.82, 2.24) is 4.90 Å². The first-order valence-electron chi connectivity index (χ1n) is 5.70. The molecule has 5 heteroatoms. The van der Waals surface area contributed by atoms with E-state index in [1.165, 1.54) is 11.3 Å². The third-order valence-corrected chi connectivity index (χ3v) is 4.07. The Labute approximate surface area is 105 Å². The van der Waals surface area contributed by atoms with Gasteiger partial charge in [-0.3, -0.25) is 4.79 Å². The molecule has 2 heterocycles. The van der Waals surface area contributed by atoms with Gasteiger partial charge in [0.25, 0.3) is 5.91 Å². The third kappa shape index (κ3) is 2.17. The fraction of sp³-hybridized carbons (Fsp3) is 0.583. The summed E-state index contributed by atoms with van der Waals surface area (Å²) in [5.41, 5.74) is 7.77. The molecule has 94 valence electrons. The smallest absolute Gasteiger partial charge is 0.256 e. The highest BCUT2D eigenvalue weighted by atomic mass is 32.1. The van der Waals surface area contributed by atoms with E-state index in [4.69, 9.17) is 10.5 Å². The SMILES string of the molecule is Cc1sc(N)c(C(=O)N(C)C)c1C1CCOC1. The van der Waals surface area contributed by atoms with Gasteiger partial charge >= 0.3 is 0 Å². The van der Waals surface area contributed by atoms with E-state index in [0.29, 0.717) is 23.1 Å². The van der Waals surface area contributed by atoms with E-state index in [0.717, 1.165) is 23.5 Å². The van der Waals surface area contributed by atoms with E-state index in [9.17, 15) is 4.79 Å². The van der Waals surface area contributed by atoms with Crippen LogP contribution in [0.4, 0.5) is 5.00 Å². The molecule has 0 spiro atoms. The van der Waals surface area contributed by atoms with Gasteiger partial charge in [-0.1, -0.05) is 0 Å². The van der Waals surface area contributed by atoms with Crippen molar-refractivity contribution in [3.8, 4) is 0 Å². The minimum absolute atomic E-state index is 0.00579. The molecule has 2 N–H and O–H groups in total. The third-order valence-electron chi connectivity index (χ3n) is 3.12. The van der Waals surface area contributed by atoms with Gasteiger partial charge in [0.15, 0.2) is 0 Å². The van der Waals surface area contributed by atoms with Crippen molar-refractivity contribution < 1.29 is 9.53 Å². The number of aryl methyl sites for hydroxylation is 1. The molecule has 1 amide bonds. The molecule has 1 aromatic rings. The van der Waals surface area contributed by atoms with E-state index in [1.54, 1.807) is 19.0 Å². The predicted molar refractivity (Wildman–Crippen MR) is 69.7 cm³/mol. The number of ether oxygens (including phenoxy) is 1. The molecule has 1 unspecified atom stereocenters. The molecule has 4 nitrogen and oxygen atoms in total. The van der Waals surface area contributed by atoms with Gasteiger partial charge < -0.3 is 15.4 Å². The zero-order valence-corrected chi connectivity index (χ0v) is 11.3. The van der Waals surface area contributed by atoms with Crippen LogP contribution >= 0.6 is 11.3 Å². The molecule has 1 atom stereocenters. The number of nitrogens with two attached hydrogens (primary N) is 1. The first-order chi connectivity index (χ1) is 8.02. The van der Waals surface area contributed by atoms with Crippen LogP contribution in [0.1, 0.15) is 33.1 Å². The lowest BCUT2D eigenvalue weighted by Crippen LogP contribution is -2.24. The van der Waals surface area contributed by atoms with Crippen molar-refractivity contribution >= 4 is 22.2 Å². The van der Waals surface area contributed by atoms with Crippen molar-refractivity contribution in [3.63, 3.8) is 0 Å². The maximum Gasteiger partial charge on any atom is 0.256 e. The minimum Gasteiger partial charge on any atom is -0.390 e. The van der Waals surface area contributed by atoms with E-state index >= 15 is 0 Å². The van der Waals surface area contributed by atoms with Crippen molar-refractivity contribution in [2.45, 2.75) is 19.3 Å². The lowest BCUT2D eigenvalue weighted by Gasteiger charge is -2.15. The topological polar surface area (TPSA) is 55.6 Å². The molecule has 1 saturated heterocycles. The summed E-state index contributed by atoms with van der Waals surface area (Å²) in [5.74, 6) is 0.316. The first-order valence-corrected chi connectivity index (χ1v) is 6.52. The maximum absolute atomic E-state index is 12.2. The van der Waals surface area contributed by atoms with Gasteiger partial charge in [-0.05, 0) is 18.9 Å². The quantitative estimate of drug-likeness (QED) is 0.876. The Bertz CT molecular complexity index is 434. The van der Waals surface area contributed by atoms with Crippen LogP contribution in [-0.4, -0.2) is 38.1 Å². The Morgan fingerprint density at radius 1 is 1.53 bits per heavy atom. The van der Waals surface area contributed by atoms with Crippen LogP contribution in [0.25, 0.3) is 0 Å². The standard InChI is InChI=1S/C12H18N2O2S/c1-7-9(8-4-5-16-6-8)10(11(13)17-7)12(15)14(2)3/h8H,4-6,13H2,1-3H3. The summed E-state index contributed by atoms with van der Waals surface area (Å²) in [4.78, 5) is 14.9. The van der Waals surface area contributed by atoms with Crippen molar-refractivity contribution in [2.24, 2.45) is 0 Å². The fourth-order valence-electron chi connectivity index (χ4n) is 2.28. The van der Waals surface area contributed by atoms with Crippen LogP contribution in [-0.2, 0) is 4.74 Å². The lowest BCUT2D eigenvalue weighted by molar-refractivity contribution is 0.0827. The van der Waals surface area contributed by atoms with Gasteiger partial charge in [0.1, 0.15) is 0 Å². The summed E-state index contributed by atoms with van der Waals surface area (Å²) < 4.78 is 5.41. The summed E-state index contributed by atoms with van der Waals surface area (Å²) in [6.07, 6.45) is 0.977. The molecule has 0 aromatic carbocycles. The highest BCUT2D eigenvalue weighted by Gasteiger charge is 2.29. The molecule has 0 saturated carbocycles. The van der Waals surface area contributed by atoms with Gasteiger partial charge in [0.05, 0.1) is 17.2 Å². The van der Waals surface area contributed by atoms with E-state index in [2.05, 4.69) is 0 Å². The summed E-state index contributed by atoms with van der Waals surface area (Å²) >= 11 is 1.50. The summed E-state index contributed by atoms with van der Waals surface area (Å²) in [5, 5.41) is 0.628. The van der Waals surface area contributed by atoms with Crippen LogP contribution < -0.4 is 5.73 Å². The first kappa shape index (κ1) is 12.4. The number of nitrogen functional groups attached to an aromatic ring is 1. The molecular weight excluding hydrogens is 236 g/mol. The predicted octanol–water partition coefficient (Wildman–Crippen LogP) is 1.84. The molecule has 1 aromatic heterocycles. The Morgan fingerprint density at radius 3 is 2.76 bits per heavy atom. The Morgan fingerprint density at radius 2 is 2.24 bits per heavy atom. The van der Waals surface area contributed by atoms with Gasteiger partial charge in [0, 0.05) is 31.5 Å². The molecule has 1 fully saturated rings. The number of amides is 1. The number of anilines is 1. The second kappa shape index (κ2) is 4.66. The maximum atomic E-state index is 12.2. The zero-order valence-electron chi connectivity index (χ0n) is 10.4. The highest BCUT2D eigenvalue weighted by molar-refractivity contribution is 7.16. The van der Waals surface area contributed by atoms with E-state index in [1.807, 2.05) is 6.92 Å². The van der Waals surface area contributed by atoms with Crippen LogP contribution in [0, 0.1) is 6.92 Å². The number of carbonyl (C=O) groups is 1. The molecular formula is C12H18N2O2S. The number of thiophene rings is 1. The summed E-state index contributed by atoms with van der Waals surface area (Å²) in [6.45, 7) is 3.50.